The molecular weight excluding hydrogens is 286 g/mol. The van der Waals surface area contributed by atoms with Crippen LogP contribution in [0.15, 0.2) is 18.5 Å². The molecule has 23 heavy (non-hydrogen) atoms. The summed E-state index contributed by atoms with van der Waals surface area (Å²) in [5.74, 6) is 3.89. The monoisotopic (exact) mass is 309 g/mol. The molecule has 5 rings (SSSR count). The Morgan fingerprint density at radius 1 is 1.04 bits per heavy atom. The fraction of sp³-hybridized carbons (Fsp3) is 0.611. The van der Waals surface area contributed by atoms with Gasteiger partial charge in [-0.3, -0.25) is 9.88 Å². The molecule has 2 aromatic heterocycles. The second kappa shape index (κ2) is 5.13. The lowest BCUT2D eigenvalue weighted by Gasteiger charge is -2.45. The van der Waals surface area contributed by atoms with Gasteiger partial charge >= 0.3 is 0 Å². The van der Waals surface area contributed by atoms with E-state index in [4.69, 9.17) is 4.98 Å². The second-order valence-electron chi connectivity index (χ2n) is 7.45. The first-order valence-corrected chi connectivity index (χ1v) is 8.85. The first-order chi connectivity index (χ1) is 11.3. The van der Waals surface area contributed by atoms with Crippen molar-refractivity contribution in [2.24, 2.45) is 11.8 Å². The Morgan fingerprint density at radius 2 is 1.83 bits per heavy atom. The van der Waals surface area contributed by atoms with Crippen LogP contribution in [0.25, 0.3) is 10.9 Å². The fourth-order valence-corrected chi connectivity index (χ4v) is 4.75. The van der Waals surface area contributed by atoms with Gasteiger partial charge in [0.25, 0.3) is 0 Å². The molecule has 1 saturated carbocycles. The van der Waals surface area contributed by atoms with Crippen molar-refractivity contribution in [2.75, 3.05) is 31.1 Å². The largest absolute Gasteiger partial charge is 0.353 e. The van der Waals surface area contributed by atoms with E-state index in [1.165, 1.54) is 32.4 Å². The molecule has 1 aliphatic carbocycles. The van der Waals surface area contributed by atoms with E-state index in [9.17, 15) is 0 Å². The molecule has 3 aliphatic rings. The SMILES string of the molecule is Cc1nc(N2CC(N3CC4CCCC4C3)C2)c2ccncc2n1. The van der Waals surface area contributed by atoms with Gasteiger partial charge in [-0.1, -0.05) is 6.42 Å². The van der Waals surface area contributed by atoms with Crippen LogP contribution in [-0.2, 0) is 0 Å². The molecule has 2 aromatic rings. The number of nitrogens with zero attached hydrogens (tertiary/aromatic N) is 5. The average molecular weight is 309 g/mol. The maximum absolute atomic E-state index is 4.71. The number of rotatable bonds is 2. The molecule has 0 spiro atoms. The number of pyridine rings is 1. The average Bonchev–Trinajstić information content (AvgIpc) is 3.07. The van der Waals surface area contributed by atoms with Gasteiger partial charge in [0.15, 0.2) is 0 Å². The molecule has 0 amide bonds. The predicted molar refractivity (Wildman–Crippen MR) is 90.5 cm³/mol. The van der Waals surface area contributed by atoms with E-state index in [2.05, 4.69) is 19.8 Å². The maximum Gasteiger partial charge on any atom is 0.140 e. The van der Waals surface area contributed by atoms with Gasteiger partial charge in [0.1, 0.15) is 11.6 Å². The van der Waals surface area contributed by atoms with Crippen molar-refractivity contribution in [3.8, 4) is 0 Å². The third-order valence-electron chi connectivity index (χ3n) is 6.02. The summed E-state index contributed by atoms with van der Waals surface area (Å²) in [7, 11) is 0. The van der Waals surface area contributed by atoms with Crippen LogP contribution in [-0.4, -0.2) is 52.1 Å². The summed E-state index contributed by atoms with van der Waals surface area (Å²) in [5.41, 5.74) is 0.953. The third-order valence-corrected chi connectivity index (χ3v) is 6.02. The number of aryl methyl sites for hydroxylation is 1. The lowest BCUT2D eigenvalue weighted by molar-refractivity contribution is 0.190. The molecule has 0 bridgehead atoms. The smallest absolute Gasteiger partial charge is 0.140 e. The predicted octanol–water partition coefficient (Wildman–Crippen LogP) is 2.25. The van der Waals surface area contributed by atoms with Crippen LogP contribution in [0.1, 0.15) is 25.1 Å². The number of likely N-dealkylation sites (tertiary alicyclic amines) is 1. The topological polar surface area (TPSA) is 45.2 Å². The van der Waals surface area contributed by atoms with E-state index in [0.29, 0.717) is 6.04 Å². The van der Waals surface area contributed by atoms with Crippen molar-refractivity contribution in [2.45, 2.75) is 32.2 Å². The Balaban J connectivity index is 1.34. The molecule has 120 valence electrons. The zero-order valence-electron chi connectivity index (χ0n) is 13.6. The number of aromatic nitrogens is 3. The molecule has 2 atom stereocenters. The van der Waals surface area contributed by atoms with Crippen molar-refractivity contribution in [1.29, 1.82) is 0 Å². The number of hydrogen-bond donors (Lipinski definition) is 0. The molecule has 2 unspecified atom stereocenters. The van der Waals surface area contributed by atoms with E-state index in [1.54, 1.807) is 0 Å². The van der Waals surface area contributed by atoms with Crippen molar-refractivity contribution >= 4 is 16.7 Å². The number of anilines is 1. The lowest BCUT2D eigenvalue weighted by Crippen LogP contribution is -2.59. The van der Waals surface area contributed by atoms with Crippen molar-refractivity contribution in [1.82, 2.24) is 19.9 Å². The standard InChI is InChI=1S/C18H23N5/c1-12-20-17-7-19-6-5-16(17)18(21-12)23-10-15(11-23)22-8-13-3-2-4-14(13)9-22/h5-7,13-15H,2-4,8-11H2,1H3. The van der Waals surface area contributed by atoms with Crippen molar-refractivity contribution < 1.29 is 0 Å². The molecule has 5 heteroatoms. The lowest BCUT2D eigenvalue weighted by atomic mass is 10.0. The first kappa shape index (κ1) is 13.7. The zero-order chi connectivity index (χ0) is 15.4. The van der Waals surface area contributed by atoms with Gasteiger partial charge in [0.2, 0.25) is 0 Å². The van der Waals surface area contributed by atoms with Crippen LogP contribution in [0.2, 0.25) is 0 Å². The molecule has 2 saturated heterocycles. The summed E-state index contributed by atoms with van der Waals surface area (Å²) in [4.78, 5) is 18.6. The van der Waals surface area contributed by atoms with Crippen LogP contribution in [0, 0.1) is 18.8 Å². The van der Waals surface area contributed by atoms with Gasteiger partial charge in [-0.15, -0.1) is 0 Å². The number of hydrogen-bond acceptors (Lipinski definition) is 5. The fourth-order valence-electron chi connectivity index (χ4n) is 4.75. The molecule has 5 nitrogen and oxygen atoms in total. The Kier molecular flexibility index (Phi) is 3.05. The van der Waals surface area contributed by atoms with Crippen LogP contribution in [0.5, 0.6) is 0 Å². The highest BCUT2D eigenvalue weighted by Crippen LogP contribution is 2.40. The minimum Gasteiger partial charge on any atom is -0.353 e. The van der Waals surface area contributed by atoms with Crippen LogP contribution < -0.4 is 4.90 Å². The van der Waals surface area contributed by atoms with Gasteiger partial charge < -0.3 is 4.90 Å². The molecule has 0 N–H and O–H groups in total. The Morgan fingerprint density at radius 3 is 2.61 bits per heavy atom. The van der Waals surface area contributed by atoms with Crippen molar-refractivity contribution in [3.63, 3.8) is 0 Å². The highest BCUT2D eigenvalue weighted by atomic mass is 15.3. The molecule has 0 aromatic carbocycles. The van der Waals surface area contributed by atoms with Gasteiger partial charge in [-0.2, -0.15) is 0 Å². The molecule has 4 heterocycles. The molecule has 0 radical (unpaired) electrons. The Labute approximate surface area is 136 Å². The van der Waals surface area contributed by atoms with Crippen molar-refractivity contribution in [3.05, 3.63) is 24.3 Å². The number of fused-ring (bicyclic) bond motifs is 2. The second-order valence-corrected chi connectivity index (χ2v) is 7.45. The van der Waals surface area contributed by atoms with E-state index in [0.717, 1.165) is 47.5 Å². The van der Waals surface area contributed by atoms with Gasteiger partial charge in [-0.05, 0) is 37.7 Å². The first-order valence-electron chi connectivity index (χ1n) is 8.85. The highest BCUT2D eigenvalue weighted by Gasteiger charge is 2.42. The molecular formula is C18H23N5. The highest BCUT2D eigenvalue weighted by molar-refractivity contribution is 5.89. The summed E-state index contributed by atoms with van der Waals surface area (Å²) in [5, 5.41) is 1.13. The van der Waals surface area contributed by atoms with E-state index >= 15 is 0 Å². The van der Waals surface area contributed by atoms with Gasteiger partial charge in [0.05, 0.1) is 11.7 Å². The quantitative estimate of drug-likeness (QED) is 0.851. The molecule has 2 aliphatic heterocycles. The van der Waals surface area contributed by atoms with Gasteiger partial charge in [-0.25, -0.2) is 9.97 Å². The van der Waals surface area contributed by atoms with Gasteiger partial charge in [0, 0.05) is 43.8 Å². The minimum atomic E-state index is 0.716. The minimum absolute atomic E-state index is 0.716. The summed E-state index contributed by atoms with van der Waals surface area (Å²) in [6, 6.07) is 2.75. The maximum atomic E-state index is 4.71. The normalized spacial score (nSPS) is 28.3. The summed E-state index contributed by atoms with van der Waals surface area (Å²) < 4.78 is 0. The van der Waals surface area contributed by atoms with Crippen LogP contribution in [0.3, 0.4) is 0 Å². The van der Waals surface area contributed by atoms with E-state index in [-0.39, 0.29) is 0 Å². The Bertz CT molecular complexity index is 727. The van der Waals surface area contributed by atoms with Crippen LogP contribution in [0.4, 0.5) is 5.82 Å². The summed E-state index contributed by atoms with van der Waals surface area (Å²) >= 11 is 0. The Hall–Kier alpha value is -1.75. The van der Waals surface area contributed by atoms with Crippen LogP contribution >= 0.6 is 0 Å². The third kappa shape index (κ3) is 2.21. The summed E-state index contributed by atoms with van der Waals surface area (Å²) in [6.45, 7) is 6.84. The summed E-state index contributed by atoms with van der Waals surface area (Å²) in [6.07, 6.45) is 8.05. The van der Waals surface area contributed by atoms with E-state index in [1.807, 2.05) is 25.4 Å². The zero-order valence-corrected chi connectivity index (χ0v) is 13.6. The molecule has 3 fully saturated rings. The van der Waals surface area contributed by atoms with E-state index < -0.39 is 0 Å².